The molecule has 3 rings (SSSR count). The van der Waals surface area contributed by atoms with E-state index in [0.29, 0.717) is 6.54 Å². The van der Waals surface area contributed by atoms with E-state index < -0.39 is 6.10 Å². The Labute approximate surface area is 165 Å². The molecule has 2 N–H and O–H groups in total. The summed E-state index contributed by atoms with van der Waals surface area (Å²) in [6, 6.07) is 17.7. The SMILES string of the molecule is COc1ccc(CCNCc2ccc(-c3ccc([C@H](C)O)cc3)o2)cc1OC. The smallest absolute Gasteiger partial charge is 0.160 e. The molecule has 0 spiro atoms. The molecule has 2 aromatic carbocycles. The van der Waals surface area contributed by atoms with Gasteiger partial charge in [0.15, 0.2) is 11.5 Å². The summed E-state index contributed by atoms with van der Waals surface area (Å²) in [4.78, 5) is 0. The van der Waals surface area contributed by atoms with E-state index in [1.165, 1.54) is 5.56 Å². The maximum atomic E-state index is 9.60. The fraction of sp³-hybridized carbons (Fsp3) is 0.304. The van der Waals surface area contributed by atoms with Crippen molar-refractivity contribution in [2.24, 2.45) is 0 Å². The van der Waals surface area contributed by atoms with Gasteiger partial charge >= 0.3 is 0 Å². The number of rotatable bonds is 9. The number of ether oxygens (including phenoxy) is 2. The Morgan fingerprint density at radius 1 is 0.964 bits per heavy atom. The Morgan fingerprint density at radius 2 is 1.71 bits per heavy atom. The van der Waals surface area contributed by atoms with Crippen LogP contribution in [0.25, 0.3) is 11.3 Å². The Bertz CT molecular complexity index is 884. The second kappa shape index (κ2) is 9.44. The molecule has 1 atom stereocenters. The van der Waals surface area contributed by atoms with E-state index in [9.17, 15) is 5.11 Å². The van der Waals surface area contributed by atoms with Crippen molar-refractivity contribution in [3.8, 4) is 22.8 Å². The first kappa shape index (κ1) is 20.0. The van der Waals surface area contributed by atoms with Crippen molar-refractivity contribution in [3.05, 3.63) is 71.5 Å². The van der Waals surface area contributed by atoms with Gasteiger partial charge in [-0.3, -0.25) is 0 Å². The van der Waals surface area contributed by atoms with Crippen LogP contribution in [0.1, 0.15) is 29.9 Å². The van der Waals surface area contributed by atoms with Gasteiger partial charge in [0.05, 0.1) is 26.9 Å². The van der Waals surface area contributed by atoms with Crippen molar-refractivity contribution in [2.45, 2.75) is 26.0 Å². The Hall–Kier alpha value is -2.76. The van der Waals surface area contributed by atoms with Gasteiger partial charge in [0.2, 0.25) is 0 Å². The molecule has 0 fully saturated rings. The third kappa shape index (κ3) is 4.94. The van der Waals surface area contributed by atoms with Crippen molar-refractivity contribution >= 4 is 0 Å². The number of hydrogen-bond acceptors (Lipinski definition) is 5. The molecule has 0 aliphatic carbocycles. The average Bonchev–Trinajstić information content (AvgIpc) is 3.20. The van der Waals surface area contributed by atoms with Crippen molar-refractivity contribution in [2.75, 3.05) is 20.8 Å². The number of benzene rings is 2. The maximum absolute atomic E-state index is 9.60. The van der Waals surface area contributed by atoms with Crippen molar-refractivity contribution < 1.29 is 19.0 Å². The van der Waals surface area contributed by atoms with E-state index in [0.717, 1.165) is 47.1 Å². The van der Waals surface area contributed by atoms with E-state index in [4.69, 9.17) is 13.9 Å². The van der Waals surface area contributed by atoms with Crippen LogP contribution in [0, 0.1) is 0 Å². The number of aliphatic hydroxyl groups excluding tert-OH is 1. The molecule has 148 valence electrons. The van der Waals surface area contributed by atoms with Crippen LogP contribution >= 0.6 is 0 Å². The predicted molar refractivity (Wildman–Crippen MR) is 110 cm³/mol. The number of nitrogens with one attached hydrogen (secondary N) is 1. The normalized spacial score (nSPS) is 12.0. The highest BCUT2D eigenvalue weighted by Crippen LogP contribution is 2.27. The molecular weight excluding hydrogens is 354 g/mol. The fourth-order valence-electron chi connectivity index (χ4n) is 3.03. The molecule has 5 heteroatoms. The molecule has 0 radical (unpaired) electrons. The zero-order valence-electron chi connectivity index (χ0n) is 16.6. The Kier molecular flexibility index (Phi) is 6.74. The third-order valence-electron chi connectivity index (χ3n) is 4.68. The van der Waals surface area contributed by atoms with Gasteiger partial charge < -0.3 is 24.3 Å². The minimum atomic E-state index is -0.462. The van der Waals surface area contributed by atoms with Gasteiger partial charge in [0.1, 0.15) is 11.5 Å². The molecule has 0 aliphatic rings. The number of methoxy groups -OCH3 is 2. The van der Waals surface area contributed by atoms with Crippen LogP contribution in [-0.2, 0) is 13.0 Å². The number of furan rings is 1. The van der Waals surface area contributed by atoms with E-state index >= 15 is 0 Å². The van der Waals surface area contributed by atoms with Gasteiger partial charge in [-0.15, -0.1) is 0 Å². The third-order valence-corrected chi connectivity index (χ3v) is 4.68. The molecule has 28 heavy (non-hydrogen) atoms. The van der Waals surface area contributed by atoms with Gasteiger partial charge in [-0.1, -0.05) is 30.3 Å². The second-order valence-corrected chi connectivity index (χ2v) is 6.68. The van der Waals surface area contributed by atoms with Crippen LogP contribution in [0.5, 0.6) is 11.5 Å². The van der Waals surface area contributed by atoms with Crippen molar-refractivity contribution in [1.29, 1.82) is 0 Å². The lowest BCUT2D eigenvalue weighted by Gasteiger charge is -2.09. The fourth-order valence-corrected chi connectivity index (χ4v) is 3.03. The summed E-state index contributed by atoms with van der Waals surface area (Å²) >= 11 is 0. The van der Waals surface area contributed by atoms with Gasteiger partial charge in [-0.2, -0.15) is 0 Å². The lowest BCUT2D eigenvalue weighted by molar-refractivity contribution is 0.199. The van der Waals surface area contributed by atoms with Crippen LogP contribution in [0.4, 0.5) is 0 Å². The molecular formula is C23H27NO4. The molecule has 0 unspecified atom stereocenters. The lowest BCUT2D eigenvalue weighted by atomic mass is 10.1. The zero-order chi connectivity index (χ0) is 19.9. The van der Waals surface area contributed by atoms with Gasteiger partial charge in [-0.05, 0) is 55.3 Å². The highest BCUT2D eigenvalue weighted by Gasteiger charge is 2.07. The predicted octanol–water partition coefficient (Wildman–Crippen LogP) is 4.35. The highest BCUT2D eigenvalue weighted by molar-refractivity contribution is 5.58. The maximum Gasteiger partial charge on any atom is 0.160 e. The van der Waals surface area contributed by atoms with E-state index in [-0.39, 0.29) is 0 Å². The van der Waals surface area contributed by atoms with Crippen molar-refractivity contribution in [1.82, 2.24) is 5.32 Å². The molecule has 0 bridgehead atoms. The highest BCUT2D eigenvalue weighted by atomic mass is 16.5. The monoisotopic (exact) mass is 381 g/mol. The minimum absolute atomic E-state index is 0.462. The summed E-state index contributed by atoms with van der Waals surface area (Å²) in [5, 5.41) is 13.0. The first-order valence-corrected chi connectivity index (χ1v) is 9.39. The summed E-state index contributed by atoms with van der Waals surface area (Å²) < 4.78 is 16.5. The van der Waals surface area contributed by atoms with Crippen LogP contribution in [0.3, 0.4) is 0 Å². The van der Waals surface area contributed by atoms with Gasteiger partial charge in [0.25, 0.3) is 0 Å². The topological polar surface area (TPSA) is 63.9 Å². The molecule has 5 nitrogen and oxygen atoms in total. The van der Waals surface area contributed by atoms with E-state index in [2.05, 4.69) is 5.32 Å². The number of hydrogen-bond donors (Lipinski definition) is 2. The summed E-state index contributed by atoms with van der Waals surface area (Å²) in [7, 11) is 3.28. The first-order chi connectivity index (χ1) is 13.6. The number of aliphatic hydroxyl groups is 1. The average molecular weight is 381 g/mol. The molecule has 0 saturated heterocycles. The molecule has 0 aliphatic heterocycles. The van der Waals surface area contributed by atoms with E-state index in [1.807, 2.05) is 54.6 Å². The Balaban J connectivity index is 1.51. The molecule has 1 aromatic heterocycles. The summed E-state index contributed by atoms with van der Waals surface area (Å²) in [5.74, 6) is 3.21. The lowest BCUT2D eigenvalue weighted by Crippen LogP contribution is -2.16. The standard InChI is InChI=1S/C23H27NO4/c1-16(25)18-5-7-19(8-6-18)21-11-9-20(28-21)15-24-13-12-17-4-10-22(26-2)23(14-17)27-3/h4-11,14,16,24-25H,12-13,15H2,1-3H3/t16-/m0/s1. The van der Waals surface area contributed by atoms with Crippen molar-refractivity contribution in [3.63, 3.8) is 0 Å². The van der Waals surface area contributed by atoms with E-state index in [1.54, 1.807) is 21.1 Å². The summed E-state index contributed by atoms with van der Waals surface area (Å²) in [6.45, 7) is 3.25. The van der Waals surface area contributed by atoms with Gasteiger partial charge in [-0.25, -0.2) is 0 Å². The largest absolute Gasteiger partial charge is 0.493 e. The van der Waals surface area contributed by atoms with Crippen LogP contribution in [-0.4, -0.2) is 25.9 Å². The van der Waals surface area contributed by atoms with Crippen LogP contribution < -0.4 is 14.8 Å². The van der Waals surface area contributed by atoms with Gasteiger partial charge in [0, 0.05) is 5.56 Å². The zero-order valence-corrected chi connectivity index (χ0v) is 16.6. The first-order valence-electron chi connectivity index (χ1n) is 9.39. The molecule has 1 heterocycles. The van der Waals surface area contributed by atoms with Crippen LogP contribution in [0.15, 0.2) is 59.0 Å². The minimum Gasteiger partial charge on any atom is -0.493 e. The molecule has 0 saturated carbocycles. The second-order valence-electron chi connectivity index (χ2n) is 6.68. The summed E-state index contributed by atoms with van der Waals surface area (Å²) in [5.41, 5.74) is 3.08. The Morgan fingerprint density at radius 3 is 2.39 bits per heavy atom. The molecule has 3 aromatic rings. The molecule has 0 amide bonds. The van der Waals surface area contributed by atoms with Crippen LogP contribution in [0.2, 0.25) is 0 Å². The summed E-state index contributed by atoms with van der Waals surface area (Å²) in [6.07, 6.45) is 0.422. The quantitative estimate of drug-likeness (QED) is 0.540.